The van der Waals surface area contributed by atoms with Gasteiger partial charge in [0.25, 0.3) is 0 Å². The van der Waals surface area contributed by atoms with E-state index in [9.17, 15) is 4.39 Å². The summed E-state index contributed by atoms with van der Waals surface area (Å²) in [6.45, 7) is 0.416. The van der Waals surface area contributed by atoms with Gasteiger partial charge in [-0.2, -0.15) is 5.10 Å². The highest BCUT2D eigenvalue weighted by molar-refractivity contribution is 5.80. The van der Waals surface area contributed by atoms with Crippen molar-refractivity contribution >= 4 is 11.9 Å². The van der Waals surface area contributed by atoms with Crippen LogP contribution in [-0.2, 0) is 6.61 Å². The number of anilines is 1. The number of nitrogens with one attached hydrogen (secondary N) is 1. The Hall–Kier alpha value is -3.14. The summed E-state index contributed by atoms with van der Waals surface area (Å²) in [5.41, 5.74) is 5.90. The van der Waals surface area contributed by atoms with Crippen LogP contribution in [0.5, 0.6) is 5.75 Å². The van der Waals surface area contributed by atoms with Gasteiger partial charge in [0.1, 0.15) is 18.2 Å². The van der Waals surface area contributed by atoms with Gasteiger partial charge in [0, 0.05) is 0 Å². The third-order valence-corrected chi connectivity index (χ3v) is 3.35. The van der Waals surface area contributed by atoms with Crippen molar-refractivity contribution in [2.75, 3.05) is 5.43 Å². The van der Waals surface area contributed by atoms with Crippen LogP contribution in [0.1, 0.15) is 11.1 Å². The Balaban J connectivity index is 1.58. The van der Waals surface area contributed by atoms with E-state index >= 15 is 0 Å². The number of para-hydroxylation sites is 1. The number of hydrogen-bond acceptors (Lipinski definition) is 3. The second-order valence-corrected chi connectivity index (χ2v) is 5.22. The molecule has 0 amide bonds. The summed E-state index contributed by atoms with van der Waals surface area (Å²) >= 11 is 0. The van der Waals surface area contributed by atoms with Gasteiger partial charge in [0.05, 0.1) is 11.9 Å². The van der Waals surface area contributed by atoms with Crippen molar-refractivity contribution in [1.82, 2.24) is 0 Å². The van der Waals surface area contributed by atoms with Crippen molar-refractivity contribution in [3.8, 4) is 5.75 Å². The van der Waals surface area contributed by atoms with Crippen LogP contribution in [0.15, 0.2) is 84.0 Å². The molecule has 24 heavy (non-hydrogen) atoms. The van der Waals surface area contributed by atoms with E-state index in [0.29, 0.717) is 12.4 Å². The summed E-state index contributed by atoms with van der Waals surface area (Å²) in [5.74, 6) is 0.368. The van der Waals surface area contributed by atoms with Gasteiger partial charge in [-0.25, -0.2) is 4.39 Å². The Labute approximate surface area is 140 Å². The van der Waals surface area contributed by atoms with Crippen molar-refractivity contribution in [2.24, 2.45) is 5.10 Å². The second-order valence-electron chi connectivity index (χ2n) is 5.22. The monoisotopic (exact) mass is 320 g/mol. The fraction of sp³-hybridized carbons (Fsp3) is 0.0500. The maximum atomic E-state index is 12.9. The quantitative estimate of drug-likeness (QED) is 0.520. The molecule has 3 aromatic rings. The van der Waals surface area contributed by atoms with Crippen molar-refractivity contribution in [3.63, 3.8) is 0 Å². The lowest BCUT2D eigenvalue weighted by Gasteiger charge is -2.06. The molecular weight excluding hydrogens is 303 g/mol. The lowest BCUT2D eigenvalue weighted by atomic mass is 10.1. The average Bonchev–Trinajstić information content (AvgIpc) is 2.63. The Kier molecular flexibility index (Phi) is 5.20. The molecule has 0 radical (unpaired) electrons. The van der Waals surface area contributed by atoms with Crippen LogP contribution >= 0.6 is 0 Å². The zero-order chi connectivity index (χ0) is 16.6. The standard InChI is InChI=1S/C20H17FN2O/c21-18-9-11-20(12-10-18)24-15-17-6-4-5-16(13-17)14-22-23-19-7-2-1-3-8-19/h1-14,23H,15H2. The second kappa shape index (κ2) is 7.92. The summed E-state index contributed by atoms with van der Waals surface area (Å²) < 4.78 is 18.5. The van der Waals surface area contributed by atoms with E-state index in [2.05, 4.69) is 10.5 Å². The number of nitrogens with zero attached hydrogens (tertiary/aromatic N) is 1. The van der Waals surface area contributed by atoms with Crippen LogP contribution in [0.2, 0.25) is 0 Å². The van der Waals surface area contributed by atoms with Crippen LogP contribution in [-0.4, -0.2) is 6.21 Å². The molecule has 4 heteroatoms. The fourth-order valence-corrected chi connectivity index (χ4v) is 2.15. The Morgan fingerprint density at radius 1 is 0.917 bits per heavy atom. The van der Waals surface area contributed by atoms with Crippen molar-refractivity contribution in [2.45, 2.75) is 6.61 Å². The molecule has 3 rings (SSSR count). The molecule has 0 saturated carbocycles. The first-order valence-electron chi connectivity index (χ1n) is 7.61. The highest BCUT2D eigenvalue weighted by Crippen LogP contribution is 2.14. The van der Waals surface area contributed by atoms with Crippen LogP contribution in [0.4, 0.5) is 10.1 Å². The van der Waals surface area contributed by atoms with E-state index in [1.54, 1.807) is 18.3 Å². The van der Waals surface area contributed by atoms with E-state index in [4.69, 9.17) is 4.74 Å². The number of hydrogen-bond donors (Lipinski definition) is 1. The summed E-state index contributed by atoms with van der Waals surface area (Å²) in [7, 11) is 0. The van der Waals surface area contributed by atoms with Gasteiger partial charge in [-0.15, -0.1) is 0 Å². The predicted octanol–water partition coefficient (Wildman–Crippen LogP) is 4.85. The summed E-state index contributed by atoms with van der Waals surface area (Å²) in [6, 6.07) is 23.6. The molecule has 0 saturated heterocycles. The molecule has 0 spiro atoms. The number of rotatable bonds is 6. The molecular formula is C20H17FN2O. The van der Waals surface area contributed by atoms with Gasteiger partial charge in [-0.1, -0.05) is 36.4 Å². The smallest absolute Gasteiger partial charge is 0.123 e. The van der Waals surface area contributed by atoms with Crippen LogP contribution in [0, 0.1) is 5.82 Å². The first kappa shape index (κ1) is 15.7. The van der Waals surface area contributed by atoms with Crippen LogP contribution in [0.25, 0.3) is 0 Å². The van der Waals surface area contributed by atoms with Crippen molar-refractivity contribution in [1.29, 1.82) is 0 Å². The number of halogens is 1. The molecule has 3 nitrogen and oxygen atoms in total. The normalized spacial score (nSPS) is 10.7. The Morgan fingerprint density at radius 3 is 2.50 bits per heavy atom. The molecule has 0 atom stereocenters. The van der Waals surface area contributed by atoms with Crippen LogP contribution in [0.3, 0.4) is 0 Å². The Morgan fingerprint density at radius 2 is 1.71 bits per heavy atom. The first-order valence-corrected chi connectivity index (χ1v) is 7.61. The minimum absolute atomic E-state index is 0.272. The van der Waals surface area contributed by atoms with E-state index in [1.165, 1.54) is 12.1 Å². The van der Waals surface area contributed by atoms with Gasteiger partial charge in [0.2, 0.25) is 0 Å². The number of benzene rings is 3. The molecule has 120 valence electrons. The van der Waals surface area contributed by atoms with Crippen molar-refractivity contribution < 1.29 is 9.13 Å². The first-order chi connectivity index (χ1) is 11.8. The molecule has 1 N–H and O–H groups in total. The molecule has 0 aromatic heterocycles. The minimum atomic E-state index is -0.272. The van der Waals surface area contributed by atoms with Gasteiger partial charge < -0.3 is 4.74 Å². The lowest BCUT2D eigenvalue weighted by Crippen LogP contribution is -1.97. The maximum absolute atomic E-state index is 12.9. The fourth-order valence-electron chi connectivity index (χ4n) is 2.15. The van der Waals surface area contributed by atoms with Gasteiger partial charge >= 0.3 is 0 Å². The maximum Gasteiger partial charge on any atom is 0.123 e. The van der Waals surface area contributed by atoms with Gasteiger partial charge in [-0.05, 0) is 53.6 Å². The summed E-state index contributed by atoms with van der Waals surface area (Å²) in [5, 5.41) is 4.22. The van der Waals surface area contributed by atoms with E-state index in [1.807, 2.05) is 54.6 Å². The SMILES string of the molecule is Fc1ccc(OCc2cccc(C=NNc3ccccc3)c2)cc1. The predicted molar refractivity (Wildman–Crippen MR) is 94.8 cm³/mol. The largest absolute Gasteiger partial charge is 0.489 e. The Bertz CT molecular complexity index is 801. The number of hydrazone groups is 1. The highest BCUT2D eigenvalue weighted by Gasteiger charge is 1.98. The van der Waals surface area contributed by atoms with Crippen molar-refractivity contribution in [3.05, 3.63) is 95.8 Å². The molecule has 0 aliphatic carbocycles. The van der Waals surface area contributed by atoms with E-state index < -0.39 is 0 Å². The summed E-state index contributed by atoms with van der Waals surface area (Å²) in [4.78, 5) is 0. The molecule has 3 aromatic carbocycles. The zero-order valence-corrected chi connectivity index (χ0v) is 13.0. The molecule has 0 fully saturated rings. The molecule has 0 aliphatic rings. The van der Waals surface area contributed by atoms with E-state index in [0.717, 1.165) is 16.8 Å². The molecule has 0 bridgehead atoms. The lowest BCUT2D eigenvalue weighted by molar-refractivity contribution is 0.305. The zero-order valence-electron chi connectivity index (χ0n) is 13.0. The highest BCUT2D eigenvalue weighted by atomic mass is 19.1. The molecule has 0 unspecified atom stereocenters. The molecule has 0 heterocycles. The van der Waals surface area contributed by atoms with Crippen LogP contribution < -0.4 is 10.2 Å². The van der Waals surface area contributed by atoms with E-state index in [-0.39, 0.29) is 5.82 Å². The third-order valence-electron chi connectivity index (χ3n) is 3.35. The topological polar surface area (TPSA) is 33.6 Å². The van der Waals surface area contributed by atoms with Gasteiger partial charge in [-0.3, -0.25) is 5.43 Å². The summed E-state index contributed by atoms with van der Waals surface area (Å²) in [6.07, 6.45) is 1.76. The van der Waals surface area contributed by atoms with Gasteiger partial charge in [0.15, 0.2) is 0 Å². The number of ether oxygens (including phenoxy) is 1. The molecule has 0 aliphatic heterocycles. The minimum Gasteiger partial charge on any atom is -0.489 e. The third kappa shape index (κ3) is 4.68. The average molecular weight is 320 g/mol.